The molecule has 0 saturated carbocycles. The van der Waals surface area contributed by atoms with Gasteiger partial charge in [0.15, 0.2) is 0 Å². The molecule has 0 spiro atoms. The van der Waals surface area contributed by atoms with Gasteiger partial charge in [0.1, 0.15) is 16.8 Å². The monoisotopic (exact) mass is 401 g/mol. The van der Waals surface area contributed by atoms with E-state index in [2.05, 4.69) is 10.3 Å². The maximum atomic E-state index is 13.2. The molecule has 0 atom stereocenters. The van der Waals surface area contributed by atoms with Crippen molar-refractivity contribution >= 4 is 22.6 Å². The van der Waals surface area contributed by atoms with Crippen LogP contribution in [-0.4, -0.2) is 25.9 Å². The summed E-state index contributed by atoms with van der Waals surface area (Å²) < 4.78 is 3.08. The molecule has 4 rings (SSSR count). The van der Waals surface area contributed by atoms with E-state index >= 15 is 0 Å². The first-order valence-corrected chi connectivity index (χ1v) is 9.81. The maximum Gasteiger partial charge on any atom is 0.267 e. The van der Waals surface area contributed by atoms with E-state index in [1.807, 2.05) is 51.1 Å². The van der Waals surface area contributed by atoms with Crippen LogP contribution in [0.4, 0.5) is 0 Å². The molecule has 0 radical (unpaired) electrons. The molecule has 3 heterocycles. The van der Waals surface area contributed by atoms with Gasteiger partial charge in [0, 0.05) is 12.2 Å². The summed E-state index contributed by atoms with van der Waals surface area (Å²) in [5.74, 6) is -0.382. The molecule has 4 aromatic rings. The van der Waals surface area contributed by atoms with E-state index in [4.69, 9.17) is 5.41 Å². The topological polar surface area (TPSA) is 92.2 Å². The fraction of sp³-hybridized carbons (Fsp3) is 0.217. The van der Waals surface area contributed by atoms with Gasteiger partial charge in [-0.25, -0.2) is 4.98 Å². The summed E-state index contributed by atoms with van der Waals surface area (Å²) in [5.41, 5.74) is 2.87. The molecule has 0 saturated heterocycles. The summed E-state index contributed by atoms with van der Waals surface area (Å²) >= 11 is 0. The van der Waals surface area contributed by atoms with E-state index in [-0.39, 0.29) is 28.6 Å². The average Bonchev–Trinajstić information content (AvgIpc) is 2.71. The predicted molar refractivity (Wildman–Crippen MR) is 116 cm³/mol. The number of rotatable bonds is 4. The molecule has 0 aliphatic heterocycles. The van der Waals surface area contributed by atoms with E-state index in [0.29, 0.717) is 23.2 Å². The van der Waals surface area contributed by atoms with Crippen molar-refractivity contribution in [2.75, 3.05) is 0 Å². The molecule has 1 aromatic carbocycles. The van der Waals surface area contributed by atoms with Crippen LogP contribution in [-0.2, 0) is 6.54 Å². The molecule has 30 heavy (non-hydrogen) atoms. The molecule has 7 heteroatoms. The molecule has 3 aromatic heterocycles. The van der Waals surface area contributed by atoms with Crippen molar-refractivity contribution in [1.29, 1.82) is 5.41 Å². The highest BCUT2D eigenvalue weighted by Crippen LogP contribution is 2.13. The summed E-state index contributed by atoms with van der Waals surface area (Å²) in [4.78, 5) is 30.6. The summed E-state index contributed by atoms with van der Waals surface area (Å²) in [6.45, 7) is 6.04. The molecule has 152 valence electrons. The lowest BCUT2D eigenvalue weighted by molar-refractivity contribution is 0.0940. The zero-order valence-electron chi connectivity index (χ0n) is 17.1. The van der Waals surface area contributed by atoms with Gasteiger partial charge in [-0.2, -0.15) is 0 Å². The van der Waals surface area contributed by atoms with Crippen molar-refractivity contribution in [3.63, 3.8) is 0 Å². The number of benzene rings is 1. The third-order valence-corrected chi connectivity index (χ3v) is 4.94. The van der Waals surface area contributed by atoms with Gasteiger partial charge >= 0.3 is 0 Å². The minimum Gasteiger partial charge on any atom is -0.350 e. The largest absolute Gasteiger partial charge is 0.350 e. The highest BCUT2D eigenvalue weighted by Gasteiger charge is 2.18. The van der Waals surface area contributed by atoms with E-state index < -0.39 is 0 Å². The van der Waals surface area contributed by atoms with Crippen molar-refractivity contribution in [2.45, 2.75) is 33.4 Å². The minimum absolute atomic E-state index is 0.0217. The lowest BCUT2D eigenvalue weighted by Gasteiger charge is -2.16. The van der Waals surface area contributed by atoms with Crippen molar-refractivity contribution in [3.8, 4) is 0 Å². The number of hydrogen-bond donors (Lipinski definition) is 2. The number of fused-ring (bicyclic) bond motifs is 2. The first-order valence-electron chi connectivity index (χ1n) is 9.81. The Bertz CT molecular complexity index is 1380. The number of carbonyl (C=O) groups is 1. The molecule has 2 N–H and O–H groups in total. The van der Waals surface area contributed by atoms with Gasteiger partial charge in [0.25, 0.3) is 11.5 Å². The van der Waals surface area contributed by atoms with Gasteiger partial charge < -0.3 is 9.88 Å². The number of aromatic nitrogens is 3. The second-order valence-corrected chi connectivity index (χ2v) is 7.69. The van der Waals surface area contributed by atoms with E-state index in [9.17, 15) is 9.59 Å². The van der Waals surface area contributed by atoms with E-state index in [1.165, 1.54) is 10.5 Å². The Hall–Kier alpha value is -3.74. The third kappa shape index (κ3) is 3.50. The van der Waals surface area contributed by atoms with Crippen LogP contribution in [0.1, 0.15) is 35.3 Å². The molecular weight excluding hydrogens is 378 g/mol. The smallest absolute Gasteiger partial charge is 0.267 e. The summed E-state index contributed by atoms with van der Waals surface area (Å²) in [5, 5.41) is 11.8. The molecule has 7 nitrogen and oxygen atoms in total. The van der Waals surface area contributed by atoms with Crippen molar-refractivity contribution in [2.24, 2.45) is 0 Å². The van der Waals surface area contributed by atoms with Crippen molar-refractivity contribution in [1.82, 2.24) is 19.3 Å². The third-order valence-electron chi connectivity index (χ3n) is 4.94. The van der Waals surface area contributed by atoms with E-state index in [0.717, 1.165) is 11.1 Å². The Morgan fingerprint density at radius 1 is 1.17 bits per heavy atom. The van der Waals surface area contributed by atoms with E-state index in [1.54, 1.807) is 22.9 Å². The molecule has 0 aliphatic rings. The second kappa shape index (κ2) is 7.59. The normalized spacial score (nSPS) is 11.3. The summed E-state index contributed by atoms with van der Waals surface area (Å²) in [7, 11) is 0. The number of pyridine rings is 2. The standard InChI is InChI=1S/C23H23N5O2/c1-14(2)25-22(29)17-12-18-21(26-19-6-4-5-11-27(19)23(18)30)28(20(17)24)13-16-9-7-15(3)8-10-16/h4-12,14,24H,13H2,1-3H3,(H,25,29). The fourth-order valence-electron chi connectivity index (χ4n) is 3.43. The Balaban J connectivity index is 2.03. The number of nitrogens with one attached hydrogen (secondary N) is 2. The first kappa shape index (κ1) is 19.6. The fourth-order valence-corrected chi connectivity index (χ4v) is 3.43. The van der Waals surface area contributed by atoms with Gasteiger partial charge in [-0.1, -0.05) is 35.9 Å². The van der Waals surface area contributed by atoms with Gasteiger partial charge in [-0.3, -0.25) is 19.4 Å². The van der Waals surface area contributed by atoms with Crippen LogP contribution in [0, 0.1) is 12.3 Å². The quantitative estimate of drug-likeness (QED) is 0.515. The number of carbonyl (C=O) groups excluding carboxylic acids is 1. The Morgan fingerprint density at radius 2 is 1.90 bits per heavy atom. The van der Waals surface area contributed by atoms with Crippen LogP contribution >= 0.6 is 0 Å². The number of hydrogen-bond acceptors (Lipinski definition) is 4. The molecule has 0 bridgehead atoms. The van der Waals surface area contributed by atoms with Crippen LogP contribution in [0.5, 0.6) is 0 Å². The zero-order chi connectivity index (χ0) is 21.4. The molecule has 0 aliphatic carbocycles. The first-order chi connectivity index (χ1) is 14.3. The van der Waals surface area contributed by atoms with Crippen LogP contribution in [0.3, 0.4) is 0 Å². The number of nitrogens with zero attached hydrogens (tertiary/aromatic N) is 3. The number of amides is 1. The van der Waals surface area contributed by atoms with Gasteiger partial charge in [-0.05, 0) is 44.5 Å². The van der Waals surface area contributed by atoms with Gasteiger partial charge in [0.05, 0.1) is 17.5 Å². The SMILES string of the molecule is Cc1ccc(Cn2c(=N)c(C(=O)NC(C)C)cc3c(=O)n4ccccc4nc32)cc1. The lowest BCUT2D eigenvalue weighted by atomic mass is 10.1. The van der Waals surface area contributed by atoms with Crippen molar-refractivity contribution in [3.05, 3.63) is 87.3 Å². The second-order valence-electron chi connectivity index (χ2n) is 7.69. The summed E-state index contributed by atoms with van der Waals surface area (Å²) in [6.07, 6.45) is 1.65. The highest BCUT2D eigenvalue weighted by molar-refractivity contribution is 5.97. The highest BCUT2D eigenvalue weighted by atomic mass is 16.1. The average molecular weight is 401 g/mol. The molecular formula is C23H23N5O2. The van der Waals surface area contributed by atoms with Crippen molar-refractivity contribution < 1.29 is 4.79 Å². The van der Waals surface area contributed by atoms with Gasteiger partial charge in [-0.15, -0.1) is 0 Å². The Labute approximate surface area is 173 Å². The molecule has 0 unspecified atom stereocenters. The Morgan fingerprint density at radius 3 is 2.60 bits per heavy atom. The van der Waals surface area contributed by atoms with Crippen LogP contribution < -0.4 is 16.4 Å². The van der Waals surface area contributed by atoms with Crippen LogP contribution in [0.2, 0.25) is 0 Å². The summed E-state index contributed by atoms with van der Waals surface area (Å²) in [6, 6.07) is 14.6. The van der Waals surface area contributed by atoms with Crippen LogP contribution in [0.25, 0.3) is 16.7 Å². The number of aryl methyl sites for hydroxylation is 1. The molecule has 0 fully saturated rings. The van der Waals surface area contributed by atoms with Gasteiger partial charge in [0.2, 0.25) is 0 Å². The Kier molecular flexibility index (Phi) is 4.95. The lowest BCUT2D eigenvalue weighted by Crippen LogP contribution is -2.37. The minimum atomic E-state index is -0.382. The molecule has 1 amide bonds. The zero-order valence-corrected chi connectivity index (χ0v) is 17.1. The van der Waals surface area contributed by atoms with Crippen LogP contribution in [0.15, 0.2) is 59.5 Å². The maximum absolute atomic E-state index is 13.2. The predicted octanol–water partition coefficient (Wildman–Crippen LogP) is 2.62.